The summed E-state index contributed by atoms with van der Waals surface area (Å²) in [5, 5.41) is 9.46. The van der Waals surface area contributed by atoms with Gasteiger partial charge in [-0.05, 0) is 12.8 Å². The lowest BCUT2D eigenvalue weighted by atomic mass is 10.0. The van der Waals surface area contributed by atoms with Gasteiger partial charge in [0, 0.05) is 19.5 Å². The highest BCUT2D eigenvalue weighted by Gasteiger charge is 2.12. The molecule has 3 nitrogen and oxygen atoms in total. The lowest BCUT2D eigenvalue weighted by molar-refractivity contribution is -0.131. The second-order valence-corrected chi connectivity index (χ2v) is 14.5. The summed E-state index contributed by atoms with van der Waals surface area (Å²) in [4.78, 5) is 14.7. The predicted molar refractivity (Wildman–Crippen MR) is 201 cm³/mol. The van der Waals surface area contributed by atoms with Gasteiger partial charge in [-0.3, -0.25) is 4.79 Å². The van der Waals surface area contributed by atoms with Gasteiger partial charge in [0.2, 0.25) is 5.91 Å². The summed E-state index contributed by atoms with van der Waals surface area (Å²) in [5.41, 5.74) is 0. The molecule has 0 spiro atoms. The molecule has 0 bridgehead atoms. The van der Waals surface area contributed by atoms with E-state index < -0.39 is 0 Å². The molecule has 3 heteroatoms. The van der Waals surface area contributed by atoms with Crippen molar-refractivity contribution in [2.24, 2.45) is 0 Å². The number of aliphatic hydroxyl groups is 1. The number of unbranched alkanes of at least 4 members (excludes halogenated alkanes) is 33. The van der Waals surface area contributed by atoms with E-state index in [0.717, 1.165) is 19.4 Å². The van der Waals surface area contributed by atoms with Gasteiger partial charge in [0.25, 0.3) is 0 Å². The first-order chi connectivity index (χ1) is 22.3. The van der Waals surface area contributed by atoms with Crippen LogP contribution in [0.25, 0.3) is 0 Å². The molecule has 0 saturated carbocycles. The highest BCUT2D eigenvalue weighted by Crippen LogP contribution is 2.16. The molecule has 0 atom stereocenters. The van der Waals surface area contributed by atoms with Crippen LogP contribution in [0.2, 0.25) is 0 Å². The SMILES string of the molecule is CCCCCCCCCCCCCCCCCCCCCC(=O)N(CCO)CCCCCCCCCCCCCCCCCC. The molecule has 0 fully saturated rings. The largest absolute Gasteiger partial charge is 0.395 e. The minimum absolute atomic E-state index is 0.0871. The molecule has 45 heavy (non-hydrogen) atoms. The summed E-state index contributed by atoms with van der Waals surface area (Å²) in [6, 6.07) is 0. The normalized spacial score (nSPS) is 11.4. The van der Waals surface area contributed by atoms with Gasteiger partial charge in [-0.25, -0.2) is 0 Å². The molecule has 0 unspecified atom stereocenters. The number of carbonyl (C=O) groups is 1. The molecule has 0 aliphatic carbocycles. The van der Waals surface area contributed by atoms with E-state index in [0.29, 0.717) is 13.0 Å². The van der Waals surface area contributed by atoms with Crippen LogP contribution in [0.3, 0.4) is 0 Å². The van der Waals surface area contributed by atoms with Crippen LogP contribution in [-0.4, -0.2) is 35.6 Å². The summed E-state index contributed by atoms with van der Waals surface area (Å²) < 4.78 is 0. The number of carbonyl (C=O) groups excluding carboxylic acids is 1. The van der Waals surface area contributed by atoms with Gasteiger partial charge >= 0.3 is 0 Å². The molecule has 0 radical (unpaired) electrons. The topological polar surface area (TPSA) is 40.5 Å². The van der Waals surface area contributed by atoms with Crippen LogP contribution in [0.1, 0.15) is 245 Å². The third kappa shape index (κ3) is 36.1. The van der Waals surface area contributed by atoms with Crippen molar-refractivity contribution in [3.63, 3.8) is 0 Å². The summed E-state index contributed by atoms with van der Waals surface area (Å²) in [6.45, 7) is 6.01. The second-order valence-electron chi connectivity index (χ2n) is 14.5. The maximum atomic E-state index is 12.7. The number of hydrogen-bond acceptors (Lipinski definition) is 2. The number of nitrogens with zero attached hydrogens (tertiary/aromatic N) is 1. The van der Waals surface area contributed by atoms with Crippen LogP contribution >= 0.6 is 0 Å². The van der Waals surface area contributed by atoms with E-state index in [1.807, 2.05) is 4.90 Å². The number of rotatable bonds is 39. The Hall–Kier alpha value is -0.570. The van der Waals surface area contributed by atoms with Crippen LogP contribution in [0.5, 0.6) is 0 Å². The smallest absolute Gasteiger partial charge is 0.222 e. The van der Waals surface area contributed by atoms with Crippen molar-refractivity contribution in [3.8, 4) is 0 Å². The van der Waals surface area contributed by atoms with Crippen molar-refractivity contribution in [3.05, 3.63) is 0 Å². The van der Waals surface area contributed by atoms with E-state index in [4.69, 9.17) is 0 Å². The molecule has 0 aliphatic heterocycles. The van der Waals surface area contributed by atoms with Gasteiger partial charge < -0.3 is 10.0 Å². The van der Waals surface area contributed by atoms with E-state index in [1.54, 1.807) is 0 Å². The highest BCUT2D eigenvalue weighted by molar-refractivity contribution is 5.76. The molecule has 0 aromatic heterocycles. The van der Waals surface area contributed by atoms with Crippen molar-refractivity contribution < 1.29 is 9.90 Å². The Balaban J connectivity index is 3.46. The number of hydrogen-bond donors (Lipinski definition) is 1. The Morgan fingerprint density at radius 3 is 0.867 bits per heavy atom. The zero-order chi connectivity index (χ0) is 32.7. The third-order valence-electron chi connectivity index (χ3n) is 10.00. The molecule has 270 valence electrons. The maximum Gasteiger partial charge on any atom is 0.222 e. The van der Waals surface area contributed by atoms with Crippen molar-refractivity contribution >= 4 is 5.91 Å². The van der Waals surface area contributed by atoms with E-state index in [1.165, 1.54) is 212 Å². The molecule has 0 saturated heterocycles. The first-order valence-electron chi connectivity index (χ1n) is 21.1. The Bertz CT molecular complexity index is 551. The quantitative estimate of drug-likeness (QED) is 0.0683. The van der Waals surface area contributed by atoms with E-state index in [2.05, 4.69) is 13.8 Å². The zero-order valence-electron chi connectivity index (χ0n) is 31.4. The summed E-state index contributed by atoms with van der Waals surface area (Å²) in [7, 11) is 0. The predicted octanol–water partition coefficient (Wildman–Crippen LogP) is 13.9. The van der Waals surface area contributed by atoms with Gasteiger partial charge in [-0.15, -0.1) is 0 Å². The van der Waals surface area contributed by atoms with Gasteiger partial charge in [0.05, 0.1) is 6.61 Å². The number of amides is 1. The maximum absolute atomic E-state index is 12.7. The zero-order valence-corrected chi connectivity index (χ0v) is 31.4. The van der Waals surface area contributed by atoms with Crippen LogP contribution in [-0.2, 0) is 4.79 Å². The average Bonchev–Trinajstić information content (AvgIpc) is 3.05. The minimum atomic E-state index is 0.0871. The fourth-order valence-electron chi connectivity index (χ4n) is 6.85. The van der Waals surface area contributed by atoms with Crippen molar-refractivity contribution in [2.45, 2.75) is 245 Å². The third-order valence-corrected chi connectivity index (χ3v) is 10.00. The minimum Gasteiger partial charge on any atom is -0.395 e. The molecule has 1 amide bonds. The van der Waals surface area contributed by atoms with Gasteiger partial charge in [0.1, 0.15) is 0 Å². The van der Waals surface area contributed by atoms with E-state index in [-0.39, 0.29) is 12.5 Å². The fourth-order valence-corrected chi connectivity index (χ4v) is 6.85. The van der Waals surface area contributed by atoms with Crippen molar-refractivity contribution in [2.75, 3.05) is 19.7 Å². The molecule has 0 aromatic rings. The molecular weight excluding hydrogens is 550 g/mol. The van der Waals surface area contributed by atoms with Crippen LogP contribution in [0, 0.1) is 0 Å². The number of aliphatic hydroxyl groups excluding tert-OH is 1. The first-order valence-corrected chi connectivity index (χ1v) is 21.1. The Morgan fingerprint density at radius 1 is 0.356 bits per heavy atom. The van der Waals surface area contributed by atoms with Gasteiger partial charge in [-0.1, -0.05) is 226 Å². The van der Waals surface area contributed by atoms with E-state index >= 15 is 0 Å². The van der Waals surface area contributed by atoms with Gasteiger partial charge in [-0.2, -0.15) is 0 Å². The summed E-state index contributed by atoms with van der Waals surface area (Å²) in [6.07, 6.45) is 48.8. The highest BCUT2D eigenvalue weighted by atomic mass is 16.3. The van der Waals surface area contributed by atoms with Crippen LogP contribution < -0.4 is 0 Å². The fraction of sp³-hybridized carbons (Fsp3) is 0.976. The van der Waals surface area contributed by atoms with E-state index in [9.17, 15) is 9.90 Å². The Morgan fingerprint density at radius 2 is 0.600 bits per heavy atom. The van der Waals surface area contributed by atoms with Crippen molar-refractivity contribution in [1.82, 2.24) is 4.90 Å². The second kappa shape index (κ2) is 39.6. The van der Waals surface area contributed by atoms with Crippen LogP contribution in [0.15, 0.2) is 0 Å². The summed E-state index contributed by atoms with van der Waals surface area (Å²) in [5.74, 6) is 0.261. The van der Waals surface area contributed by atoms with Crippen molar-refractivity contribution in [1.29, 1.82) is 0 Å². The van der Waals surface area contributed by atoms with Crippen LogP contribution in [0.4, 0.5) is 0 Å². The Labute approximate surface area is 284 Å². The molecule has 0 rings (SSSR count). The summed E-state index contributed by atoms with van der Waals surface area (Å²) >= 11 is 0. The molecular formula is C42H85NO2. The molecule has 0 heterocycles. The Kier molecular flexibility index (Phi) is 39.1. The molecule has 1 N–H and O–H groups in total. The standard InChI is InChI=1S/C42H85NO2/c1-3-5-7-9-11-13-15-17-19-21-22-23-24-26-28-30-32-34-36-38-42(45)43(40-41-44)39-37-35-33-31-29-27-25-20-18-16-14-12-10-8-6-4-2/h44H,3-41H2,1-2H3. The lowest BCUT2D eigenvalue weighted by Crippen LogP contribution is -2.34. The first kappa shape index (κ1) is 44.4. The monoisotopic (exact) mass is 636 g/mol. The molecule has 0 aliphatic rings. The van der Waals surface area contributed by atoms with Gasteiger partial charge in [0.15, 0.2) is 0 Å². The lowest BCUT2D eigenvalue weighted by Gasteiger charge is -2.22. The average molecular weight is 636 g/mol. The molecule has 0 aromatic carbocycles.